The average molecular weight is 285 g/mol. The highest BCUT2D eigenvalue weighted by molar-refractivity contribution is 6.30. The van der Waals surface area contributed by atoms with Crippen LogP contribution in [0.1, 0.15) is 25.8 Å². The summed E-state index contributed by atoms with van der Waals surface area (Å²) in [6, 6.07) is 5.39. The first-order valence-corrected chi connectivity index (χ1v) is 6.84. The number of nitrogens with two attached hydrogens (primary N) is 1. The minimum Gasteiger partial charge on any atom is -0.494 e. The van der Waals surface area contributed by atoms with E-state index in [1.807, 2.05) is 26.0 Å². The summed E-state index contributed by atoms with van der Waals surface area (Å²) in [5, 5.41) is 3.50. The molecule has 5 heteroatoms. The van der Waals surface area contributed by atoms with Crippen molar-refractivity contribution in [2.45, 2.75) is 32.7 Å². The Hall–Kier alpha value is -1.26. The maximum Gasteiger partial charge on any atom is 0.221 e. The third kappa shape index (κ3) is 5.94. The monoisotopic (exact) mass is 284 g/mol. The predicted octanol–water partition coefficient (Wildman–Crippen LogP) is 2.13. The highest BCUT2D eigenvalue weighted by Crippen LogP contribution is 2.23. The van der Waals surface area contributed by atoms with Crippen LogP contribution in [0.25, 0.3) is 0 Å². The Labute approximate surface area is 119 Å². The van der Waals surface area contributed by atoms with Crippen LogP contribution in [0.3, 0.4) is 0 Å². The van der Waals surface area contributed by atoms with Crippen LogP contribution in [-0.2, 0) is 11.2 Å². The molecule has 1 amide bonds. The van der Waals surface area contributed by atoms with Crippen LogP contribution in [-0.4, -0.2) is 25.1 Å². The first kappa shape index (κ1) is 15.8. The van der Waals surface area contributed by atoms with Crippen LogP contribution >= 0.6 is 11.6 Å². The molecule has 0 fully saturated rings. The number of amides is 1. The van der Waals surface area contributed by atoms with E-state index in [4.69, 9.17) is 22.1 Å². The van der Waals surface area contributed by atoms with Gasteiger partial charge in [-0.1, -0.05) is 11.6 Å². The quantitative estimate of drug-likeness (QED) is 0.806. The number of nitrogens with one attached hydrogen (secondary N) is 1. The van der Waals surface area contributed by atoms with E-state index in [2.05, 4.69) is 5.32 Å². The fourth-order valence-electron chi connectivity index (χ4n) is 1.74. The molecule has 0 radical (unpaired) electrons. The highest BCUT2D eigenvalue weighted by Gasteiger charge is 2.07. The Morgan fingerprint density at radius 1 is 1.53 bits per heavy atom. The Bertz CT molecular complexity index is 422. The van der Waals surface area contributed by atoms with Gasteiger partial charge in [0, 0.05) is 24.0 Å². The van der Waals surface area contributed by atoms with E-state index in [-0.39, 0.29) is 11.9 Å². The van der Waals surface area contributed by atoms with E-state index in [1.54, 1.807) is 6.07 Å². The summed E-state index contributed by atoms with van der Waals surface area (Å²) in [5.74, 6) is 0.781. The fourth-order valence-corrected chi connectivity index (χ4v) is 1.94. The second kappa shape index (κ2) is 8.02. The summed E-state index contributed by atoms with van der Waals surface area (Å²) >= 11 is 5.97. The predicted molar refractivity (Wildman–Crippen MR) is 77.6 cm³/mol. The van der Waals surface area contributed by atoms with Gasteiger partial charge in [-0.05, 0) is 44.0 Å². The summed E-state index contributed by atoms with van der Waals surface area (Å²) in [4.78, 5) is 11.5. The van der Waals surface area contributed by atoms with Crippen LogP contribution in [0.15, 0.2) is 18.2 Å². The van der Waals surface area contributed by atoms with Crippen molar-refractivity contribution >= 4 is 17.5 Å². The molecule has 0 saturated heterocycles. The Balaban J connectivity index is 2.52. The van der Waals surface area contributed by atoms with Crippen molar-refractivity contribution in [3.63, 3.8) is 0 Å². The lowest BCUT2D eigenvalue weighted by Crippen LogP contribution is -2.31. The van der Waals surface area contributed by atoms with Crippen molar-refractivity contribution in [2.75, 3.05) is 13.2 Å². The minimum atomic E-state index is -0.120. The zero-order valence-corrected chi connectivity index (χ0v) is 12.2. The summed E-state index contributed by atoms with van der Waals surface area (Å²) in [5.41, 5.74) is 6.56. The SMILES string of the molecule is CCOc1ccc(Cl)cc1CCNC(=O)CC(C)N. The van der Waals surface area contributed by atoms with Gasteiger partial charge in [0.2, 0.25) is 5.91 Å². The smallest absolute Gasteiger partial charge is 0.221 e. The second-order valence-electron chi connectivity index (χ2n) is 4.47. The standard InChI is InChI=1S/C14H21ClN2O2/c1-3-19-13-5-4-12(15)9-11(13)6-7-17-14(18)8-10(2)16/h4-5,9-10H,3,6-8,16H2,1-2H3,(H,17,18). The molecule has 0 aliphatic heterocycles. The molecule has 0 heterocycles. The van der Waals surface area contributed by atoms with Gasteiger partial charge in [-0.2, -0.15) is 0 Å². The number of carbonyl (C=O) groups excluding carboxylic acids is 1. The lowest BCUT2D eigenvalue weighted by atomic mass is 10.1. The second-order valence-corrected chi connectivity index (χ2v) is 4.90. The summed E-state index contributed by atoms with van der Waals surface area (Å²) in [6.45, 7) is 4.89. The Morgan fingerprint density at radius 2 is 2.26 bits per heavy atom. The van der Waals surface area contributed by atoms with Crippen molar-refractivity contribution in [3.8, 4) is 5.75 Å². The van der Waals surface area contributed by atoms with Crippen molar-refractivity contribution in [3.05, 3.63) is 28.8 Å². The number of rotatable bonds is 7. The summed E-state index contributed by atoms with van der Waals surface area (Å²) in [7, 11) is 0. The van der Waals surface area contributed by atoms with Crippen LogP contribution in [0.2, 0.25) is 5.02 Å². The first-order valence-electron chi connectivity index (χ1n) is 6.46. The molecular weight excluding hydrogens is 264 g/mol. The summed E-state index contributed by atoms with van der Waals surface area (Å²) < 4.78 is 5.52. The molecule has 1 rings (SSSR count). The van der Waals surface area contributed by atoms with Crippen LogP contribution in [0, 0.1) is 0 Å². The van der Waals surface area contributed by atoms with E-state index < -0.39 is 0 Å². The molecule has 1 atom stereocenters. The van der Waals surface area contributed by atoms with Gasteiger partial charge in [0.05, 0.1) is 6.61 Å². The van der Waals surface area contributed by atoms with Gasteiger partial charge in [-0.25, -0.2) is 0 Å². The van der Waals surface area contributed by atoms with Crippen molar-refractivity contribution in [1.29, 1.82) is 0 Å². The molecule has 0 aromatic heterocycles. The Morgan fingerprint density at radius 3 is 2.89 bits per heavy atom. The number of carbonyl (C=O) groups is 1. The molecule has 1 aromatic rings. The third-order valence-corrected chi connectivity index (χ3v) is 2.78. The lowest BCUT2D eigenvalue weighted by molar-refractivity contribution is -0.121. The number of benzene rings is 1. The molecule has 0 aliphatic rings. The maximum atomic E-state index is 11.5. The van der Waals surface area contributed by atoms with Gasteiger partial charge in [0.1, 0.15) is 5.75 Å². The van der Waals surface area contributed by atoms with Gasteiger partial charge in [-0.3, -0.25) is 4.79 Å². The molecule has 3 N–H and O–H groups in total. The van der Waals surface area contributed by atoms with Gasteiger partial charge < -0.3 is 15.8 Å². The molecule has 0 saturated carbocycles. The average Bonchev–Trinajstić information content (AvgIpc) is 2.31. The first-order chi connectivity index (χ1) is 9.02. The molecule has 0 bridgehead atoms. The molecule has 0 spiro atoms. The topological polar surface area (TPSA) is 64.3 Å². The van der Waals surface area contributed by atoms with Gasteiger partial charge in [0.25, 0.3) is 0 Å². The zero-order chi connectivity index (χ0) is 14.3. The van der Waals surface area contributed by atoms with Crippen molar-refractivity contribution in [1.82, 2.24) is 5.32 Å². The largest absolute Gasteiger partial charge is 0.494 e. The van der Waals surface area contributed by atoms with E-state index in [0.717, 1.165) is 11.3 Å². The number of hydrogen-bond acceptors (Lipinski definition) is 3. The summed E-state index contributed by atoms with van der Waals surface area (Å²) in [6.07, 6.45) is 1.02. The molecule has 1 unspecified atom stereocenters. The van der Waals surface area contributed by atoms with Crippen LogP contribution in [0.5, 0.6) is 5.75 Å². The zero-order valence-electron chi connectivity index (χ0n) is 11.4. The number of hydrogen-bond donors (Lipinski definition) is 2. The number of ether oxygens (including phenoxy) is 1. The lowest BCUT2D eigenvalue weighted by Gasteiger charge is -2.11. The van der Waals surface area contributed by atoms with E-state index in [9.17, 15) is 4.79 Å². The molecule has 1 aromatic carbocycles. The van der Waals surface area contributed by atoms with Gasteiger partial charge in [-0.15, -0.1) is 0 Å². The minimum absolute atomic E-state index is 0.0324. The molecule has 106 valence electrons. The number of halogens is 1. The molecule has 4 nitrogen and oxygen atoms in total. The van der Waals surface area contributed by atoms with Crippen molar-refractivity contribution < 1.29 is 9.53 Å². The highest BCUT2D eigenvalue weighted by atomic mass is 35.5. The van der Waals surface area contributed by atoms with Gasteiger partial charge in [0.15, 0.2) is 0 Å². The third-order valence-electron chi connectivity index (χ3n) is 2.55. The van der Waals surface area contributed by atoms with E-state index in [0.29, 0.717) is 31.0 Å². The van der Waals surface area contributed by atoms with Crippen LogP contribution < -0.4 is 15.8 Å². The van der Waals surface area contributed by atoms with Crippen LogP contribution in [0.4, 0.5) is 0 Å². The molecule has 0 aliphatic carbocycles. The van der Waals surface area contributed by atoms with E-state index in [1.165, 1.54) is 0 Å². The van der Waals surface area contributed by atoms with Crippen molar-refractivity contribution in [2.24, 2.45) is 5.73 Å². The fraction of sp³-hybridized carbons (Fsp3) is 0.500. The normalized spacial score (nSPS) is 12.0. The van der Waals surface area contributed by atoms with Gasteiger partial charge >= 0.3 is 0 Å². The van der Waals surface area contributed by atoms with E-state index >= 15 is 0 Å². The Kier molecular flexibility index (Phi) is 6.67. The molecular formula is C14H21ClN2O2. The molecule has 19 heavy (non-hydrogen) atoms. The maximum absolute atomic E-state index is 11.5.